The second kappa shape index (κ2) is 3.04. The first-order valence-electron chi connectivity index (χ1n) is 7.91. The Morgan fingerprint density at radius 1 is 1.11 bits per heavy atom. The van der Waals surface area contributed by atoms with Crippen LogP contribution in [0.15, 0.2) is 0 Å². The van der Waals surface area contributed by atoms with E-state index >= 15 is 0 Å². The summed E-state index contributed by atoms with van der Waals surface area (Å²) >= 11 is 0. The van der Waals surface area contributed by atoms with E-state index in [0.717, 1.165) is 11.8 Å². The molecule has 5 aliphatic rings. The van der Waals surface area contributed by atoms with Gasteiger partial charge in [0.05, 0.1) is 6.42 Å². The SMILES string of the molecule is C[C@H]1[C@H]2C[C@@]3(C)C[C@]1(C)C[C@@]([C@]1(C)CC(=O)O1)(C2)C3. The minimum Gasteiger partial charge on any atom is -0.458 e. The highest BCUT2D eigenvalue weighted by Crippen LogP contribution is 2.75. The first-order chi connectivity index (χ1) is 8.70. The molecule has 0 aromatic heterocycles. The molecule has 5 fully saturated rings. The van der Waals surface area contributed by atoms with Gasteiger partial charge in [-0.2, -0.15) is 0 Å². The molecule has 0 aromatic rings. The quantitative estimate of drug-likeness (QED) is 0.669. The van der Waals surface area contributed by atoms with Crippen molar-refractivity contribution in [1.82, 2.24) is 0 Å². The number of esters is 1. The maximum absolute atomic E-state index is 11.4. The van der Waals surface area contributed by atoms with Crippen molar-refractivity contribution < 1.29 is 9.53 Å². The van der Waals surface area contributed by atoms with Gasteiger partial charge in [0.25, 0.3) is 0 Å². The third-order valence-electron chi connectivity index (χ3n) is 7.49. The molecule has 2 heteroatoms. The van der Waals surface area contributed by atoms with Crippen LogP contribution in [-0.2, 0) is 9.53 Å². The van der Waals surface area contributed by atoms with Crippen LogP contribution in [0.4, 0.5) is 0 Å². The van der Waals surface area contributed by atoms with Gasteiger partial charge < -0.3 is 4.74 Å². The third kappa shape index (κ3) is 1.31. The van der Waals surface area contributed by atoms with Crippen molar-refractivity contribution in [1.29, 1.82) is 0 Å². The van der Waals surface area contributed by atoms with E-state index in [1.54, 1.807) is 0 Å². The molecule has 1 aliphatic heterocycles. The van der Waals surface area contributed by atoms with Crippen LogP contribution in [0.3, 0.4) is 0 Å². The summed E-state index contributed by atoms with van der Waals surface area (Å²) in [5, 5.41) is 0. The van der Waals surface area contributed by atoms with Crippen molar-refractivity contribution in [2.45, 2.75) is 71.8 Å². The molecule has 2 nitrogen and oxygen atoms in total. The summed E-state index contributed by atoms with van der Waals surface area (Å²) in [6.07, 6.45) is 7.28. The van der Waals surface area contributed by atoms with Gasteiger partial charge >= 0.3 is 5.97 Å². The fourth-order valence-corrected chi connectivity index (χ4v) is 6.90. The van der Waals surface area contributed by atoms with E-state index in [4.69, 9.17) is 4.74 Å². The Labute approximate surface area is 116 Å². The number of carbonyl (C=O) groups is 1. The molecule has 0 amide bonds. The molecule has 0 N–H and O–H groups in total. The highest BCUT2D eigenvalue weighted by Gasteiger charge is 2.70. The fraction of sp³-hybridized carbons (Fsp3) is 0.941. The monoisotopic (exact) mass is 262 g/mol. The lowest BCUT2D eigenvalue weighted by molar-refractivity contribution is -0.275. The molecular formula is C17H26O2. The smallest absolute Gasteiger partial charge is 0.310 e. The van der Waals surface area contributed by atoms with Crippen LogP contribution in [0.2, 0.25) is 0 Å². The van der Waals surface area contributed by atoms with Crippen molar-refractivity contribution >= 4 is 5.97 Å². The first kappa shape index (κ1) is 12.2. The number of rotatable bonds is 1. The third-order valence-corrected chi connectivity index (χ3v) is 7.49. The van der Waals surface area contributed by atoms with Crippen LogP contribution < -0.4 is 0 Å². The minimum absolute atomic E-state index is 0.0154. The molecule has 5 rings (SSSR count). The lowest BCUT2D eigenvalue weighted by Crippen LogP contribution is -2.69. The summed E-state index contributed by atoms with van der Waals surface area (Å²) in [7, 11) is 0. The van der Waals surface area contributed by atoms with Gasteiger partial charge in [-0.3, -0.25) is 4.79 Å². The van der Waals surface area contributed by atoms with Gasteiger partial charge in [0.15, 0.2) is 0 Å². The summed E-state index contributed by atoms with van der Waals surface area (Å²) in [5.41, 5.74) is 1.08. The molecule has 4 bridgehead atoms. The number of hydrogen-bond acceptors (Lipinski definition) is 2. The Morgan fingerprint density at radius 3 is 2.37 bits per heavy atom. The van der Waals surface area contributed by atoms with E-state index in [0.29, 0.717) is 17.3 Å². The van der Waals surface area contributed by atoms with Gasteiger partial charge in [-0.05, 0) is 61.7 Å². The lowest BCUT2D eigenvalue weighted by atomic mass is 9.34. The Hall–Kier alpha value is -0.530. The van der Waals surface area contributed by atoms with Crippen molar-refractivity contribution in [2.75, 3.05) is 0 Å². The second-order valence-electron chi connectivity index (χ2n) is 9.11. The average Bonchev–Trinajstić information content (AvgIpc) is 2.21. The second-order valence-corrected chi connectivity index (χ2v) is 9.11. The summed E-state index contributed by atoms with van der Waals surface area (Å²) in [5.74, 6) is 1.71. The zero-order valence-electron chi connectivity index (χ0n) is 12.7. The maximum Gasteiger partial charge on any atom is 0.310 e. The van der Waals surface area contributed by atoms with E-state index in [9.17, 15) is 4.79 Å². The predicted octanol–water partition coefficient (Wildman–Crippen LogP) is 3.93. The lowest BCUT2D eigenvalue weighted by Gasteiger charge is -2.72. The molecule has 1 saturated heterocycles. The number of carbonyl (C=O) groups excluding carboxylic acids is 1. The summed E-state index contributed by atoms with van der Waals surface area (Å²) in [4.78, 5) is 11.4. The Kier molecular flexibility index (Phi) is 1.96. The molecule has 0 spiro atoms. The Balaban J connectivity index is 1.77. The highest BCUT2D eigenvalue weighted by atomic mass is 16.6. The topological polar surface area (TPSA) is 26.3 Å². The van der Waals surface area contributed by atoms with Gasteiger partial charge in [0.1, 0.15) is 5.60 Å². The van der Waals surface area contributed by atoms with E-state index in [-0.39, 0.29) is 17.0 Å². The molecule has 0 unspecified atom stereocenters. The van der Waals surface area contributed by atoms with Crippen molar-refractivity contribution in [3.8, 4) is 0 Å². The van der Waals surface area contributed by atoms with Crippen LogP contribution in [0.5, 0.6) is 0 Å². The highest BCUT2D eigenvalue weighted by molar-refractivity contribution is 5.77. The summed E-state index contributed by atoms with van der Waals surface area (Å²) in [6.45, 7) is 9.66. The molecule has 0 radical (unpaired) electrons. The Bertz CT molecular complexity index is 462. The van der Waals surface area contributed by atoms with Gasteiger partial charge in [0.2, 0.25) is 0 Å². The van der Waals surface area contributed by atoms with Crippen LogP contribution in [0.1, 0.15) is 66.2 Å². The van der Waals surface area contributed by atoms with Gasteiger partial charge in [-0.15, -0.1) is 0 Å². The van der Waals surface area contributed by atoms with Crippen LogP contribution in [-0.4, -0.2) is 11.6 Å². The number of ether oxygens (including phenoxy) is 1. The van der Waals surface area contributed by atoms with Crippen molar-refractivity contribution in [3.63, 3.8) is 0 Å². The number of hydrogen-bond donors (Lipinski definition) is 0. The number of cyclic esters (lactones) is 1. The Morgan fingerprint density at radius 2 is 1.79 bits per heavy atom. The first-order valence-corrected chi connectivity index (χ1v) is 7.91. The average molecular weight is 262 g/mol. The fourth-order valence-electron chi connectivity index (χ4n) is 6.90. The molecule has 19 heavy (non-hydrogen) atoms. The van der Waals surface area contributed by atoms with Gasteiger partial charge in [-0.1, -0.05) is 20.8 Å². The zero-order chi connectivity index (χ0) is 13.7. The molecule has 4 aliphatic carbocycles. The van der Waals surface area contributed by atoms with Crippen LogP contribution >= 0.6 is 0 Å². The van der Waals surface area contributed by atoms with E-state index in [1.807, 2.05) is 0 Å². The van der Waals surface area contributed by atoms with E-state index < -0.39 is 0 Å². The van der Waals surface area contributed by atoms with E-state index in [2.05, 4.69) is 27.7 Å². The molecule has 0 aromatic carbocycles. The van der Waals surface area contributed by atoms with Crippen LogP contribution in [0.25, 0.3) is 0 Å². The van der Waals surface area contributed by atoms with Crippen LogP contribution in [0, 0.1) is 28.1 Å². The normalized spacial score (nSPS) is 62.8. The minimum atomic E-state index is -0.161. The summed E-state index contributed by atoms with van der Waals surface area (Å²) in [6, 6.07) is 0. The van der Waals surface area contributed by atoms with Gasteiger partial charge in [0, 0.05) is 5.41 Å². The molecular weight excluding hydrogens is 236 g/mol. The predicted molar refractivity (Wildman–Crippen MR) is 73.5 cm³/mol. The van der Waals surface area contributed by atoms with Gasteiger partial charge in [-0.25, -0.2) is 0 Å². The summed E-state index contributed by atoms with van der Waals surface area (Å²) < 4.78 is 5.70. The molecule has 6 atom stereocenters. The van der Waals surface area contributed by atoms with Crippen molar-refractivity contribution in [2.24, 2.45) is 28.1 Å². The molecule has 106 valence electrons. The van der Waals surface area contributed by atoms with Crippen molar-refractivity contribution in [3.05, 3.63) is 0 Å². The standard InChI is InChI=1S/C17H26O2/c1-11-12-5-14(2)8-15(11,3)10-17(6-12,9-14)16(4)7-13(18)19-16/h11-12H,5-10H2,1-4H3/t11-,12-,14-,15+,16-,17+/m0/s1. The molecule has 4 saturated carbocycles. The zero-order valence-corrected chi connectivity index (χ0v) is 12.7. The van der Waals surface area contributed by atoms with E-state index in [1.165, 1.54) is 32.1 Å². The molecule has 1 heterocycles. The maximum atomic E-state index is 11.4. The largest absolute Gasteiger partial charge is 0.458 e.